The third kappa shape index (κ3) is 36.9. The van der Waals surface area contributed by atoms with Gasteiger partial charge in [0, 0.05) is 19.3 Å². The summed E-state index contributed by atoms with van der Waals surface area (Å²) < 4.78 is 17.3. The molecule has 8 nitrogen and oxygen atoms in total. The number of likely N-dealkylation sites (N-methyl/N-ethyl adjacent to an activating group) is 1. The van der Waals surface area contributed by atoms with Gasteiger partial charge in [0.1, 0.15) is 6.61 Å². The number of nitrogens with zero attached hydrogens (tertiary/aromatic N) is 1. The molecule has 1 N–H and O–H groups in total. The van der Waals surface area contributed by atoms with E-state index in [-0.39, 0.29) is 36.2 Å². The van der Waals surface area contributed by atoms with E-state index in [0.717, 1.165) is 64.2 Å². The summed E-state index contributed by atoms with van der Waals surface area (Å²) in [5.41, 5.74) is 0. The van der Waals surface area contributed by atoms with Gasteiger partial charge in [-0.25, -0.2) is 4.79 Å². The second-order valence-corrected chi connectivity index (χ2v) is 16.3. The second-order valence-electron chi connectivity index (χ2n) is 16.3. The summed E-state index contributed by atoms with van der Waals surface area (Å²) in [5.74, 6) is -1.47. The molecule has 2 atom stereocenters. The molecular formula is C47H86NO7+. The van der Waals surface area contributed by atoms with Crippen LogP contribution in [0.3, 0.4) is 0 Å². The van der Waals surface area contributed by atoms with Crippen molar-refractivity contribution in [1.29, 1.82) is 0 Å². The molecule has 0 aliphatic carbocycles. The lowest BCUT2D eigenvalue weighted by atomic mass is 10.0. The Kier molecular flexibility index (Phi) is 36.7. The van der Waals surface area contributed by atoms with Crippen LogP contribution in [0.25, 0.3) is 0 Å². The number of hydrogen-bond donors (Lipinski definition) is 1. The van der Waals surface area contributed by atoms with Crippen LogP contribution in [0.15, 0.2) is 36.5 Å². The SMILES string of the molecule is CC/C=C/C/C=C/C/C=C/CCCCCCCCCCCC(=O)OC(COCCC(C(=O)O)[N+](C)(C)C)COC(=O)CCCCCCCCCCCCCC. The molecule has 0 rings (SSSR count). The Balaban J connectivity index is 4.30. The van der Waals surface area contributed by atoms with Crippen molar-refractivity contribution in [2.45, 2.75) is 206 Å². The van der Waals surface area contributed by atoms with Gasteiger partial charge in [-0.15, -0.1) is 0 Å². The molecule has 8 heteroatoms. The van der Waals surface area contributed by atoms with Crippen LogP contribution >= 0.6 is 0 Å². The summed E-state index contributed by atoms with van der Waals surface area (Å²) in [6.07, 6.45) is 43.2. The van der Waals surface area contributed by atoms with E-state index in [0.29, 0.717) is 19.3 Å². The molecule has 0 aliphatic rings. The van der Waals surface area contributed by atoms with E-state index in [2.05, 4.69) is 50.3 Å². The Hall–Kier alpha value is -2.45. The molecule has 0 fully saturated rings. The summed E-state index contributed by atoms with van der Waals surface area (Å²) in [5, 5.41) is 9.62. The zero-order valence-electron chi connectivity index (χ0n) is 36.4. The number of rotatable bonds is 40. The summed E-state index contributed by atoms with van der Waals surface area (Å²) in [6, 6.07) is -0.613. The van der Waals surface area contributed by atoms with E-state index < -0.39 is 18.1 Å². The molecule has 0 saturated carbocycles. The van der Waals surface area contributed by atoms with Crippen molar-refractivity contribution in [3.05, 3.63) is 36.5 Å². The summed E-state index contributed by atoms with van der Waals surface area (Å²) >= 11 is 0. The first-order valence-electron chi connectivity index (χ1n) is 22.5. The van der Waals surface area contributed by atoms with Crippen LogP contribution in [-0.2, 0) is 28.6 Å². The lowest BCUT2D eigenvalue weighted by molar-refractivity contribution is -0.887. The standard InChI is InChI=1S/C47H85NO7/c1-6-8-10-12-14-16-18-20-21-22-23-24-25-26-28-30-32-34-36-38-46(50)55-43(41-53-40-39-44(47(51)52)48(3,4)5)42-54-45(49)37-35-33-31-29-27-19-17-15-13-11-9-7-2/h8,10,14,16,20-21,43-44H,6-7,9,11-13,15,17-19,22-42H2,1-5H3/p+1/b10-8+,16-14+,21-20+. The van der Waals surface area contributed by atoms with Crippen molar-refractivity contribution in [3.8, 4) is 0 Å². The molecule has 0 saturated heterocycles. The molecule has 0 aromatic heterocycles. The van der Waals surface area contributed by atoms with Gasteiger partial charge in [-0.05, 0) is 44.9 Å². The number of hydrogen-bond acceptors (Lipinski definition) is 6. The first-order chi connectivity index (χ1) is 26.6. The van der Waals surface area contributed by atoms with E-state index >= 15 is 0 Å². The third-order valence-corrected chi connectivity index (χ3v) is 10.1. The minimum atomic E-state index is -0.875. The van der Waals surface area contributed by atoms with Crippen LogP contribution in [-0.4, -0.2) is 80.6 Å². The van der Waals surface area contributed by atoms with E-state index in [4.69, 9.17) is 14.2 Å². The largest absolute Gasteiger partial charge is 0.477 e. The van der Waals surface area contributed by atoms with Crippen molar-refractivity contribution in [2.24, 2.45) is 0 Å². The van der Waals surface area contributed by atoms with Crippen LogP contribution < -0.4 is 0 Å². The first-order valence-corrected chi connectivity index (χ1v) is 22.5. The fourth-order valence-corrected chi connectivity index (χ4v) is 6.58. The highest BCUT2D eigenvalue weighted by atomic mass is 16.6. The van der Waals surface area contributed by atoms with Crippen LogP contribution in [0, 0.1) is 0 Å². The minimum absolute atomic E-state index is 0.0502. The maximum absolute atomic E-state index is 12.7. The van der Waals surface area contributed by atoms with Gasteiger partial charge in [0.15, 0.2) is 12.1 Å². The van der Waals surface area contributed by atoms with Crippen molar-refractivity contribution < 1.29 is 38.2 Å². The number of ether oxygens (including phenoxy) is 3. The number of unbranched alkanes of at least 4 members (excludes halogenated alkanes) is 20. The van der Waals surface area contributed by atoms with Crippen LogP contribution in [0.4, 0.5) is 0 Å². The van der Waals surface area contributed by atoms with Crippen molar-refractivity contribution in [2.75, 3.05) is 41.0 Å². The van der Waals surface area contributed by atoms with Gasteiger partial charge in [0.2, 0.25) is 0 Å². The highest BCUT2D eigenvalue weighted by Crippen LogP contribution is 2.15. The Morgan fingerprint density at radius 1 is 0.564 bits per heavy atom. The third-order valence-electron chi connectivity index (χ3n) is 10.1. The fourth-order valence-electron chi connectivity index (χ4n) is 6.58. The Labute approximate surface area is 338 Å². The topological polar surface area (TPSA) is 99.1 Å². The zero-order valence-corrected chi connectivity index (χ0v) is 36.4. The number of carboxylic acids is 1. The highest BCUT2D eigenvalue weighted by molar-refractivity contribution is 5.72. The fraction of sp³-hybridized carbons (Fsp3) is 0.809. The van der Waals surface area contributed by atoms with Crippen LogP contribution in [0.1, 0.15) is 194 Å². The molecule has 0 amide bonds. The van der Waals surface area contributed by atoms with Crippen LogP contribution in [0.2, 0.25) is 0 Å². The monoisotopic (exact) mass is 777 g/mol. The molecule has 2 unspecified atom stereocenters. The summed E-state index contributed by atoms with van der Waals surface area (Å²) in [7, 11) is 5.53. The van der Waals surface area contributed by atoms with Crippen molar-refractivity contribution in [1.82, 2.24) is 0 Å². The predicted molar refractivity (Wildman–Crippen MR) is 229 cm³/mol. The summed E-state index contributed by atoms with van der Waals surface area (Å²) in [4.78, 5) is 37.0. The molecule has 0 bridgehead atoms. The second kappa shape index (κ2) is 38.4. The van der Waals surface area contributed by atoms with Gasteiger partial charge < -0.3 is 23.8 Å². The quantitative estimate of drug-likeness (QED) is 0.0286. The Bertz CT molecular complexity index is 1000. The van der Waals surface area contributed by atoms with Crippen molar-refractivity contribution >= 4 is 17.9 Å². The van der Waals surface area contributed by atoms with Gasteiger partial charge in [-0.3, -0.25) is 9.59 Å². The maximum Gasteiger partial charge on any atom is 0.362 e. The number of carboxylic acid groups (broad SMARTS) is 1. The average molecular weight is 777 g/mol. The average Bonchev–Trinajstić information content (AvgIpc) is 3.14. The molecular weight excluding hydrogens is 691 g/mol. The smallest absolute Gasteiger partial charge is 0.362 e. The van der Waals surface area contributed by atoms with E-state index in [1.807, 2.05) is 21.1 Å². The predicted octanol–water partition coefficient (Wildman–Crippen LogP) is 12.2. The normalized spacial score (nSPS) is 13.3. The number of carbonyl (C=O) groups excluding carboxylic acids is 2. The molecule has 0 aliphatic heterocycles. The number of esters is 2. The number of aliphatic carboxylic acids is 1. The van der Waals surface area contributed by atoms with Gasteiger partial charge in [0.05, 0.1) is 34.4 Å². The number of carbonyl (C=O) groups is 3. The number of quaternary nitrogens is 1. The number of allylic oxidation sites excluding steroid dienone is 6. The molecule has 0 aromatic rings. The minimum Gasteiger partial charge on any atom is -0.477 e. The van der Waals surface area contributed by atoms with Gasteiger partial charge in [-0.2, -0.15) is 0 Å². The van der Waals surface area contributed by atoms with Gasteiger partial charge in [0.25, 0.3) is 0 Å². The molecule has 0 aromatic carbocycles. The molecule has 0 spiro atoms. The molecule has 55 heavy (non-hydrogen) atoms. The van der Waals surface area contributed by atoms with E-state index in [1.165, 1.54) is 96.3 Å². The Morgan fingerprint density at radius 3 is 1.51 bits per heavy atom. The van der Waals surface area contributed by atoms with Crippen LogP contribution in [0.5, 0.6) is 0 Å². The highest BCUT2D eigenvalue weighted by Gasteiger charge is 2.31. The van der Waals surface area contributed by atoms with E-state index in [9.17, 15) is 19.5 Å². The maximum atomic E-state index is 12.7. The van der Waals surface area contributed by atoms with Crippen molar-refractivity contribution in [3.63, 3.8) is 0 Å². The Morgan fingerprint density at radius 2 is 1.02 bits per heavy atom. The molecule has 0 radical (unpaired) electrons. The zero-order chi connectivity index (χ0) is 40.7. The molecule has 320 valence electrons. The lowest BCUT2D eigenvalue weighted by Gasteiger charge is -2.31. The first kappa shape index (κ1) is 52.6. The van der Waals surface area contributed by atoms with E-state index in [1.54, 1.807) is 0 Å². The summed E-state index contributed by atoms with van der Waals surface area (Å²) in [6.45, 7) is 4.63. The molecule has 0 heterocycles. The lowest BCUT2D eigenvalue weighted by Crippen LogP contribution is -2.50. The van der Waals surface area contributed by atoms with Gasteiger partial charge >= 0.3 is 17.9 Å². The van der Waals surface area contributed by atoms with Gasteiger partial charge in [-0.1, -0.05) is 166 Å².